The van der Waals surface area contributed by atoms with Crippen LogP contribution in [0.1, 0.15) is 89.5 Å². The molecule has 1 aromatic rings. The summed E-state index contributed by atoms with van der Waals surface area (Å²) in [5.41, 5.74) is 1.17. The molecule has 4 unspecified atom stereocenters. The molecule has 3 aliphatic carbocycles. The van der Waals surface area contributed by atoms with E-state index in [1.165, 1.54) is 69.8 Å². The molecule has 3 saturated carbocycles. The molecule has 0 saturated heterocycles. The summed E-state index contributed by atoms with van der Waals surface area (Å²) < 4.78 is 25.9. The average molecular weight is 429 g/mol. The van der Waals surface area contributed by atoms with Crippen LogP contribution in [-0.4, -0.2) is 19.3 Å². The molecule has 172 valence electrons. The number of halogens is 1. The third-order valence-electron chi connectivity index (χ3n) is 8.44. The molecule has 2 nitrogen and oxygen atoms in total. The molecule has 0 aliphatic heterocycles. The van der Waals surface area contributed by atoms with Crippen LogP contribution < -0.4 is 4.74 Å². The van der Waals surface area contributed by atoms with Gasteiger partial charge in [-0.3, -0.25) is 0 Å². The van der Waals surface area contributed by atoms with Crippen molar-refractivity contribution in [2.75, 3.05) is 13.2 Å². The highest BCUT2D eigenvalue weighted by Crippen LogP contribution is 2.50. The summed E-state index contributed by atoms with van der Waals surface area (Å²) in [5, 5.41) is 0. The van der Waals surface area contributed by atoms with E-state index in [0.29, 0.717) is 24.4 Å². The second kappa shape index (κ2) is 11.0. The van der Waals surface area contributed by atoms with Crippen LogP contribution in [0, 0.1) is 29.5 Å². The first-order chi connectivity index (χ1) is 15.2. The smallest absolute Gasteiger partial charge is 0.165 e. The maximum absolute atomic E-state index is 14.5. The average Bonchev–Trinajstić information content (AvgIpc) is 2.80. The van der Waals surface area contributed by atoms with Crippen molar-refractivity contribution in [3.8, 4) is 5.75 Å². The van der Waals surface area contributed by atoms with Crippen molar-refractivity contribution in [2.24, 2.45) is 23.7 Å². The maximum atomic E-state index is 14.5. The van der Waals surface area contributed by atoms with Crippen LogP contribution in [0.2, 0.25) is 0 Å². The fraction of sp³-hybridized carbons (Fsp3) is 0.714. The number of ether oxygens (including phenoxy) is 2. The van der Waals surface area contributed by atoms with E-state index in [2.05, 4.69) is 13.0 Å². The predicted octanol–water partition coefficient (Wildman–Crippen LogP) is 7.68. The number of allylic oxidation sites excluding steroid dienone is 1. The Morgan fingerprint density at radius 3 is 2.29 bits per heavy atom. The summed E-state index contributed by atoms with van der Waals surface area (Å²) in [6, 6.07) is 5.66. The summed E-state index contributed by atoms with van der Waals surface area (Å²) >= 11 is 0. The van der Waals surface area contributed by atoms with E-state index in [4.69, 9.17) is 9.47 Å². The van der Waals surface area contributed by atoms with Gasteiger partial charge in [-0.15, -0.1) is 0 Å². The fourth-order valence-corrected chi connectivity index (χ4v) is 6.74. The van der Waals surface area contributed by atoms with Gasteiger partial charge in [-0.1, -0.05) is 18.2 Å². The first kappa shape index (κ1) is 22.8. The van der Waals surface area contributed by atoms with E-state index < -0.39 is 0 Å². The van der Waals surface area contributed by atoms with Crippen LogP contribution in [0.15, 0.2) is 30.4 Å². The largest absolute Gasteiger partial charge is 0.486 e. The lowest BCUT2D eigenvalue weighted by atomic mass is 9.60. The highest BCUT2D eigenvalue weighted by Gasteiger charge is 2.39. The van der Waals surface area contributed by atoms with Gasteiger partial charge in [-0.05, 0) is 125 Å². The molecule has 31 heavy (non-hydrogen) atoms. The molecule has 0 heterocycles. The van der Waals surface area contributed by atoms with E-state index in [9.17, 15) is 4.39 Å². The Morgan fingerprint density at radius 2 is 1.58 bits per heavy atom. The predicted molar refractivity (Wildman–Crippen MR) is 125 cm³/mol. The lowest BCUT2D eigenvalue weighted by molar-refractivity contribution is 0.00583. The van der Waals surface area contributed by atoms with E-state index in [0.717, 1.165) is 30.3 Å². The zero-order valence-electron chi connectivity index (χ0n) is 19.5. The van der Waals surface area contributed by atoms with Crippen LogP contribution in [0.25, 0.3) is 0 Å². The summed E-state index contributed by atoms with van der Waals surface area (Å²) in [5.74, 6) is 4.27. The van der Waals surface area contributed by atoms with Crippen molar-refractivity contribution in [3.05, 3.63) is 41.7 Å². The van der Waals surface area contributed by atoms with Crippen LogP contribution in [0.3, 0.4) is 0 Å². The van der Waals surface area contributed by atoms with Crippen LogP contribution in [0.5, 0.6) is 5.75 Å². The maximum Gasteiger partial charge on any atom is 0.165 e. The van der Waals surface area contributed by atoms with Crippen LogP contribution in [-0.2, 0) is 4.74 Å². The molecule has 4 rings (SSSR count). The SMILES string of the molecule is C/C=C/COc1ccc(C2CCC3CC(C4CCC(OCC)CC4)CCC3C2)cc1F. The van der Waals surface area contributed by atoms with Gasteiger partial charge in [0.05, 0.1) is 6.10 Å². The lowest BCUT2D eigenvalue weighted by Gasteiger charge is -2.45. The quantitative estimate of drug-likeness (QED) is 0.415. The van der Waals surface area contributed by atoms with E-state index in [1.807, 2.05) is 25.1 Å². The van der Waals surface area contributed by atoms with Crippen molar-refractivity contribution in [1.29, 1.82) is 0 Å². The molecule has 4 atom stereocenters. The van der Waals surface area contributed by atoms with Crippen LogP contribution in [0.4, 0.5) is 4.39 Å². The Balaban J connectivity index is 1.28. The summed E-state index contributed by atoms with van der Waals surface area (Å²) in [6.45, 7) is 5.35. The molecule has 0 aromatic heterocycles. The number of benzene rings is 1. The van der Waals surface area contributed by atoms with Gasteiger partial charge < -0.3 is 9.47 Å². The van der Waals surface area contributed by atoms with Gasteiger partial charge in [-0.2, -0.15) is 0 Å². The topological polar surface area (TPSA) is 18.5 Å². The third-order valence-corrected chi connectivity index (χ3v) is 8.44. The van der Waals surface area contributed by atoms with Crippen molar-refractivity contribution in [1.82, 2.24) is 0 Å². The second-order valence-electron chi connectivity index (χ2n) is 10.2. The fourth-order valence-electron chi connectivity index (χ4n) is 6.74. The Morgan fingerprint density at radius 1 is 0.903 bits per heavy atom. The normalized spacial score (nSPS) is 33.9. The van der Waals surface area contributed by atoms with Gasteiger partial charge in [0.25, 0.3) is 0 Å². The summed E-state index contributed by atoms with van der Waals surface area (Å²) in [7, 11) is 0. The molecular weight excluding hydrogens is 387 g/mol. The Kier molecular flexibility index (Phi) is 8.09. The first-order valence-electron chi connectivity index (χ1n) is 12.8. The van der Waals surface area contributed by atoms with Crippen molar-refractivity contribution >= 4 is 0 Å². The summed E-state index contributed by atoms with van der Waals surface area (Å²) in [6.07, 6.45) is 17.6. The van der Waals surface area contributed by atoms with Gasteiger partial charge in [0.15, 0.2) is 11.6 Å². The van der Waals surface area contributed by atoms with Gasteiger partial charge in [-0.25, -0.2) is 4.39 Å². The first-order valence-corrected chi connectivity index (χ1v) is 12.8. The van der Waals surface area contributed by atoms with E-state index >= 15 is 0 Å². The lowest BCUT2D eigenvalue weighted by Crippen LogP contribution is -2.35. The summed E-state index contributed by atoms with van der Waals surface area (Å²) in [4.78, 5) is 0. The highest BCUT2D eigenvalue weighted by molar-refractivity contribution is 5.32. The third kappa shape index (κ3) is 5.72. The minimum absolute atomic E-state index is 0.213. The highest BCUT2D eigenvalue weighted by atomic mass is 19.1. The molecule has 0 spiro atoms. The number of fused-ring (bicyclic) bond motifs is 1. The molecule has 0 radical (unpaired) electrons. The van der Waals surface area contributed by atoms with E-state index in [1.54, 1.807) is 6.07 Å². The minimum Gasteiger partial charge on any atom is -0.486 e. The van der Waals surface area contributed by atoms with Crippen molar-refractivity contribution in [2.45, 2.75) is 90.1 Å². The zero-order chi connectivity index (χ0) is 21.6. The molecule has 3 fully saturated rings. The molecule has 0 N–H and O–H groups in total. The minimum atomic E-state index is -0.213. The van der Waals surface area contributed by atoms with Crippen LogP contribution >= 0.6 is 0 Å². The number of hydrogen-bond acceptors (Lipinski definition) is 2. The Bertz CT molecular complexity index is 722. The molecule has 3 heteroatoms. The Labute approximate surface area is 188 Å². The van der Waals surface area contributed by atoms with Gasteiger partial charge in [0, 0.05) is 6.61 Å². The van der Waals surface area contributed by atoms with Gasteiger partial charge >= 0.3 is 0 Å². The molecule has 0 amide bonds. The standard InChI is InChI=1S/C28H41FO2/c1-3-5-16-31-28-15-12-25(19-27(28)29)24-9-8-22-17-21(6-7-23(22)18-24)20-10-13-26(14-11-20)30-4-2/h3,5,12,15,19-24,26H,4,6-11,13-14,16-18H2,1-2H3/b5-3+. The molecule has 3 aliphatic rings. The number of rotatable bonds is 7. The second-order valence-corrected chi connectivity index (χ2v) is 10.2. The van der Waals surface area contributed by atoms with Crippen molar-refractivity contribution in [3.63, 3.8) is 0 Å². The monoisotopic (exact) mass is 428 g/mol. The van der Waals surface area contributed by atoms with Gasteiger partial charge in [0.2, 0.25) is 0 Å². The van der Waals surface area contributed by atoms with Crippen molar-refractivity contribution < 1.29 is 13.9 Å². The van der Waals surface area contributed by atoms with E-state index in [-0.39, 0.29) is 5.82 Å². The molecule has 1 aromatic carbocycles. The zero-order valence-corrected chi connectivity index (χ0v) is 19.5. The molecular formula is C28H41FO2. The molecule has 0 bridgehead atoms. The number of hydrogen-bond donors (Lipinski definition) is 0. The Hall–Kier alpha value is -1.35. The van der Waals surface area contributed by atoms with Gasteiger partial charge in [0.1, 0.15) is 6.61 Å².